The van der Waals surface area contributed by atoms with Crippen LogP contribution in [0.4, 0.5) is 5.82 Å². The van der Waals surface area contributed by atoms with Crippen molar-refractivity contribution in [3.63, 3.8) is 0 Å². The number of carbonyl (C=O) groups excluding carboxylic acids is 1. The van der Waals surface area contributed by atoms with Crippen molar-refractivity contribution in [3.05, 3.63) is 117 Å². The van der Waals surface area contributed by atoms with Crippen LogP contribution < -0.4 is 25.6 Å². The number of hydrogen-bond acceptors (Lipinski definition) is 10. The number of nitrogens with zero attached hydrogens (tertiary/aromatic N) is 6. The Hall–Kier alpha value is -5.82. The molecular formula is C39H42N8O5. The molecule has 2 saturated heterocycles. The Labute approximate surface area is 301 Å². The monoisotopic (exact) mass is 702 g/mol. The lowest BCUT2D eigenvalue weighted by atomic mass is 9.97. The van der Waals surface area contributed by atoms with Crippen LogP contribution in [0.2, 0.25) is 0 Å². The highest BCUT2D eigenvalue weighted by molar-refractivity contribution is 5.82. The van der Waals surface area contributed by atoms with Crippen LogP contribution in [0.25, 0.3) is 22.4 Å². The number of likely N-dealkylation sites (tertiary alicyclic amines) is 1. The second-order valence-corrected chi connectivity index (χ2v) is 13.1. The number of aromatic nitrogens is 5. The topological polar surface area (TPSA) is 150 Å². The van der Waals surface area contributed by atoms with E-state index in [1.807, 2.05) is 35.2 Å². The Balaban J connectivity index is 0.963. The zero-order valence-electron chi connectivity index (χ0n) is 29.4. The van der Waals surface area contributed by atoms with Gasteiger partial charge in [0.25, 0.3) is 5.56 Å². The molecule has 2 aromatic carbocycles. The second kappa shape index (κ2) is 15.6. The Kier molecular flexibility index (Phi) is 10.4. The van der Waals surface area contributed by atoms with E-state index in [1.54, 1.807) is 19.2 Å². The molecule has 0 saturated carbocycles. The predicted octanol–water partition coefficient (Wildman–Crippen LogP) is 4.18. The lowest BCUT2D eigenvalue weighted by Crippen LogP contribution is -2.56. The summed E-state index contributed by atoms with van der Waals surface area (Å²) in [6.07, 6.45) is 4.15. The summed E-state index contributed by atoms with van der Waals surface area (Å²) in [5, 5.41) is 8.53. The number of amides is 1. The van der Waals surface area contributed by atoms with Gasteiger partial charge in [-0.3, -0.25) is 19.5 Å². The largest absolute Gasteiger partial charge is 0.481 e. The fraction of sp³-hybridized carbons (Fsp3) is 0.333. The summed E-state index contributed by atoms with van der Waals surface area (Å²) in [6, 6.07) is 23.7. The number of piperazine rings is 1. The highest BCUT2D eigenvalue weighted by Crippen LogP contribution is 2.29. The van der Waals surface area contributed by atoms with E-state index < -0.39 is 11.2 Å². The third-order valence-corrected chi connectivity index (χ3v) is 9.95. The van der Waals surface area contributed by atoms with Gasteiger partial charge in [-0.25, -0.2) is 4.79 Å². The molecule has 0 spiro atoms. The normalized spacial score (nSPS) is 16.5. The van der Waals surface area contributed by atoms with E-state index >= 15 is 0 Å². The summed E-state index contributed by atoms with van der Waals surface area (Å²) in [6.45, 7) is 6.22. The molecule has 2 N–H and O–H groups in total. The Morgan fingerprint density at radius 2 is 1.69 bits per heavy atom. The first-order valence-corrected chi connectivity index (χ1v) is 17.6. The van der Waals surface area contributed by atoms with Crippen molar-refractivity contribution < 1.29 is 14.3 Å². The highest BCUT2D eigenvalue weighted by atomic mass is 16.5. The van der Waals surface area contributed by atoms with Gasteiger partial charge in [0.05, 0.1) is 18.7 Å². The lowest BCUT2D eigenvalue weighted by molar-refractivity contribution is -0.138. The number of methoxy groups -OCH3 is 1. The molecule has 13 nitrogen and oxygen atoms in total. The highest BCUT2D eigenvalue weighted by Gasteiger charge is 2.34. The van der Waals surface area contributed by atoms with Crippen molar-refractivity contribution in [1.82, 2.24) is 34.9 Å². The standard InChI is InChI=1S/C39H42N8O5/c1-26-29(11-8-12-30(26)27-9-4-3-5-10-27)25-52-35-17-14-28(37(41-35)51-2)24-47-18-7-6-13-33(47)38(49)46-21-19-45(20-22-46)34-16-15-32(43-44-34)31-23-40-39(50)42-36(31)48/h3-5,8-12,14-17,23,33H,6-7,13,18-22,24-25H2,1-2H3,(H2,40,42,48,50). The Bertz CT molecular complexity index is 2130. The minimum atomic E-state index is -0.578. The molecule has 2 aliphatic rings. The third-order valence-electron chi connectivity index (χ3n) is 9.95. The summed E-state index contributed by atoms with van der Waals surface area (Å²) in [7, 11) is 1.61. The molecule has 5 heterocycles. The number of aromatic amines is 2. The van der Waals surface area contributed by atoms with E-state index in [1.165, 1.54) is 22.9 Å². The predicted molar refractivity (Wildman–Crippen MR) is 197 cm³/mol. The van der Waals surface area contributed by atoms with Gasteiger partial charge < -0.3 is 24.3 Å². The first-order valence-electron chi connectivity index (χ1n) is 17.6. The van der Waals surface area contributed by atoms with Gasteiger partial charge >= 0.3 is 5.69 Å². The Morgan fingerprint density at radius 3 is 2.44 bits per heavy atom. The zero-order valence-corrected chi connectivity index (χ0v) is 29.4. The molecule has 52 heavy (non-hydrogen) atoms. The van der Waals surface area contributed by atoms with Crippen LogP contribution in [0, 0.1) is 6.92 Å². The molecule has 2 aliphatic heterocycles. The number of hydrogen-bond donors (Lipinski definition) is 2. The quantitative estimate of drug-likeness (QED) is 0.217. The van der Waals surface area contributed by atoms with Crippen LogP contribution in [-0.2, 0) is 17.9 Å². The van der Waals surface area contributed by atoms with Gasteiger partial charge in [-0.1, -0.05) is 55.0 Å². The van der Waals surface area contributed by atoms with E-state index in [-0.39, 0.29) is 17.5 Å². The molecule has 13 heteroatoms. The van der Waals surface area contributed by atoms with Crippen molar-refractivity contribution in [2.75, 3.05) is 44.7 Å². The van der Waals surface area contributed by atoms with Crippen LogP contribution in [-0.4, -0.2) is 86.7 Å². The number of H-pyrrole nitrogens is 2. The number of piperidine rings is 1. The molecular weight excluding hydrogens is 660 g/mol. The number of anilines is 1. The van der Waals surface area contributed by atoms with E-state index in [0.29, 0.717) is 62.6 Å². The summed E-state index contributed by atoms with van der Waals surface area (Å²) in [5.41, 5.74) is 5.02. The summed E-state index contributed by atoms with van der Waals surface area (Å²) in [5.74, 6) is 1.78. The number of pyridine rings is 1. The van der Waals surface area contributed by atoms with Gasteiger partial charge in [0, 0.05) is 50.6 Å². The minimum absolute atomic E-state index is 0.137. The van der Waals surface area contributed by atoms with Gasteiger partial charge in [0.2, 0.25) is 17.7 Å². The average molecular weight is 703 g/mol. The minimum Gasteiger partial charge on any atom is -0.481 e. The number of carbonyl (C=O) groups is 1. The number of nitrogens with one attached hydrogen (secondary N) is 2. The molecule has 1 unspecified atom stereocenters. The SMILES string of the molecule is COc1nc(OCc2cccc(-c3ccccc3)c2C)ccc1CN1CCCCC1C(=O)N1CCN(c2ccc(-c3c[nH]c(=O)[nH]c3=O)nn2)CC1. The van der Waals surface area contributed by atoms with Crippen LogP contribution in [0.5, 0.6) is 11.8 Å². The van der Waals surface area contributed by atoms with Gasteiger partial charge in [-0.2, -0.15) is 4.98 Å². The summed E-state index contributed by atoms with van der Waals surface area (Å²) >= 11 is 0. The van der Waals surface area contributed by atoms with Crippen LogP contribution in [0.3, 0.4) is 0 Å². The maximum absolute atomic E-state index is 13.9. The third kappa shape index (κ3) is 7.59. The average Bonchev–Trinajstić information content (AvgIpc) is 3.18. The molecule has 1 atom stereocenters. The molecule has 3 aromatic heterocycles. The van der Waals surface area contributed by atoms with Crippen molar-refractivity contribution in [1.29, 1.82) is 0 Å². The number of ether oxygens (including phenoxy) is 2. The van der Waals surface area contributed by atoms with Crippen molar-refractivity contribution in [2.24, 2.45) is 0 Å². The van der Waals surface area contributed by atoms with Crippen molar-refractivity contribution in [3.8, 4) is 34.1 Å². The summed E-state index contributed by atoms with van der Waals surface area (Å²) in [4.78, 5) is 53.1. The Morgan fingerprint density at radius 1 is 0.865 bits per heavy atom. The van der Waals surface area contributed by atoms with Gasteiger partial charge in [0.15, 0.2) is 5.82 Å². The lowest BCUT2D eigenvalue weighted by Gasteiger charge is -2.41. The van der Waals surface area contributed by atoms with Crippen molar-refractivity contribution in [2.45, 2.75) is 45.4 Å². The first-order chi connectivity index (χ1) is 25.4. The molecule has 1 amide bonds. The van der Waals surface area contributed by atoms with Gasteiger partial charge in [0.1, 0.15) is 12.3 Å². The van der Waals surface area contributed by atoms with E-state index in [4.69, 9.17) is 14.5 Å². The smallest absolute Gasteiger partial charge is 0.325 e. The first kappa shape index (κ1) is 34.6. The maximum atomic E-state index is 13.9. The van der Waals surface area contributed by atoms with Crippen LogP contribution in [0.15, 0.2) is 88.6 Å². The molecule has 0 aliphatic carbocycles. The second-order valence-electron chi connectivity index (χ2n) is 13.1. The number of benzene rings is 2. The molecule has 0 bridgehead atoms. The fourth-order valence-corrected chi connectivity index (χ4v) is 7.03. The molecule has 2 fully saturated rings. The molecule has 268 valence electrons. The van der Waals surface area contributed by atoms with Crippen LogP contribution >= 0.6 is 0 Å². The van der Waals surface area contributed by atoms with Gasteiger partial charge in [-0.05, 0) is 66.8 Å². The van der Waals surface area contributed by atoms with E-state index in [9.17, 15) is 14.4 Å². The molecule has 5 aromatic rings. The number of rotatable bonds is 10. The molecule has 7 rings (SSSR count). The van der Waals surface area contributed by atoms with E-state index in [0.717, 1.165) is 36.9 Å². The van der Waals surface area contributed by atoms with Gasteiger partial charge in [-0.15, -0.1) is 10.2 Å². The fourth-order valence-electron chi connectivity index (χ4n) is 7.03. The molecule has 0 radical (unpaired) electrons. The van der Waals surface area contributed by atoms with Crippen molar-refractivity contribution >= 4 is 11.7 Å². The zero-order chi connectivity index (χ0) is 36.0. The van der Waals surface area contributed by atoms with E-state index in [2.05, 4.69) is 67.2 Å². The van der Waals surface area contributed by atoms with Crippen LogP contribution in [0.1, 0.15) is 36.0 Å². The summed E-state index contributed by atoms with van der Waals surface area (Å²) < 4.78 is 11.9. The maximum Gasteiger partial charge on any atom is 0.325 e.